The molecule has 0 aliphatic heterocycles. The molecular weight excluding hydrogens is 552 g/mol. The van der Waals surface area contributed by atoms with E-state index in [4.69, 9.17) is 16.3 Å². The van der Waals surface area contributed by atoms with Gasteiger partial charge in [-0.3, -0.25) is 0 Å². The largest absolute Gasteiger partial charge is 0.461 e. The van der Waals surface area contributed by atoms with E-state index in [1.807, 2.05) is 0 Å². The van der Waals surface area contributed by atoms with Gasteiger partial charge in [0.15, 0.2) is 26.4 Å². The van der Waals surface area contributed by atoms with E-state index in [1.165, 1.54) is 16.8 Å². The lowest BCUT2D eigenvalue weighted by Gasteiger charge is -2.07. The van der Waals surface area contributed by atoms with Crippen molar-refractivity contribution in [3.8, 4) is 27.8 Å². The smallest absolute Gasteiger partial charge is 0.360 e. The SMILES string of the molecule is CCOC(=O)c1nn(-c2ccccc2Cl)c(-c2nc(-c3cccc(S(C)(=O)=O)c3)ns2)c1Br. The predicted octanol–water partition coefficient (Wildman–Crippen LogP) is 5.05. The van der Waals surface area contributed by atoms with Gasteiger partial charge in [-0.25, -0.2) is 22.9 Å². The number of hydrogen-bond donors (Lipinski definition) is 0. The van der Waals surface area contributed by atoms with Gasteiger partial charge in [-0.05, 0) is 58.7 Å². The second-order valence-electron chi connectivity index (χ2n) is 6.82. The summed E-state index contributed by atoms with van der Waals surface area (Å²) in [5.74, 6) is -0.251. The zero-order chi connectivity index (χ0) is 23.8. The van der Waals surface area contributed by atoms with Crippen LogP contribution in [0.5, 0.6) is 0 Å². The van der Waals surface area contributed by atoms with Gasteiger partial charge in [0.05, 0.1) is 26.7 Å². The van der Waals surface area contributed by atoms with E-state index in [2.05, 4.69) is 30.4 Å². The molecule has 0 amide bonds. The average molecular weight is 568 g/mol. The van der Waals surface area contributed by atoms with Crippen LogP contribution in [0.3, 0.4) is 0 Å². The first-order valence-corrected chi connectivity index (χ1v) is 13.4. The second-order valence-corrected chi connectivity index (χ2v) is 10.8. The maximum absolute atomic E-state index is 12.5. The molecule has 0 unspecified atom stereocenters. The molecule has 0 saturated carbocycles. The minimum Gasteiger partial charge on any atom is -0.461 e. The number of para-hydroxylation sites is 1. The van der Waals surface area contributed by atoms with Crippen LogP contribution in [0.1, 0.15) is 17.4 Å². The van der Waals surface area contributed by atoms with Gasteiger partial charge in [-0.2, -0.15) is 9.47 Å². The van der Waals surface area contributed by atoms with Crippen LogP contribution in [0.25, 0.3) is 27.8 Å². The molecule has 8 nitrogen and oxygen atoms in total. The second kappa shape index (κ2) is 9.34. The fourth-order valence-electron chi connectivity index (χ4n) is 3.01. The Balaban J connectivity index is 1.87. The predicted molar refractivity (Wildman–Crippen MR) is 130 cm³/mol. The van der Waals surface area contributed by atoms with Gasteiger partial charge in [0.1, 0.15) is 5.69 Å². The first kappa shape index (κ1) is 23.6. The molecule has 33 heavy (non-hydrogen) atoms. The molecule has 0 fully saturated rings. The third-order valence-electron chi connectivity index (χ3n) is 4.53. The van der Waals surface area contributed by atoms with Crippen LogP contribution in [0, 0.1) is 0 Å². The number of nitrogens with zero attached hydrogens (tertiary/aromatic N) is 4. The van der Waals surface area contributed by atoms with Crippen LogP contribution in [-0.2, 0) is 14.6 Å². The van der Waals surface area contributed by atoms with Gasteiger partial charge < -0.3 is 4.74 Å². The highest BCUT2D eigenvalue weighted by molar-refractivity contribution is 9.10. The third kappa shape index (κ3) is 4.72. The molecular formula is C21H16BrClN4O4S2. The van der Waals surface area contributed by atoms with Crippen LogP contribution in [0.2, 0.25) is 5.02 Å². The number of ether oxygens (including phenoxy) is 1. The van der Waals surface area contributed by atoms with Crippen molar-refractivity contribution < 1.29 is 17.9 Å². The number of carbonyl (C=O) groups is 1. The summed E-state index contributed by atoms with van der Waals surface area (Å²) in [6, 6.07) is 13.5. The summed E-state index contributed by atoms with van der Waals surface area (Å²) in [5, 5.41) is 5.31. The molecule has 0 saturated heterocycles. The Labute approximate surface area is 207 Å². The lowest BCUT2D eigenvalue weighted by Crippen LogP contribution is -2.07. The number of rotatable bonds is 6. The van der Waals surface area contributed by atoms with Crippen molar-refractivity contribution in [1.82, 2.24) is 19.1 Å². The monoisotopic (exact) mass is 566 g/mol. The lowest BCUT2D eigenvalue weighted by atomic mass is 10.2. The molecule has 0 atom stereocenters. The van der Waals surface area contributed by atoms with E-state index in [0.29, 0.717) is 37.3 Å². The summed E-state index contributed by atoms with van der Waals surface area (Å²) in [6.45, 7) is 1.90. The van der Waals surface area contributed by atoms with Crippen molar-refractivity contribution in [3.63, 3.8) is 0 Å². The van der Waals surface area contributed by atoms with E-state index >= 15 is 0 Å². The summed E-state index contributed by atoms with van der Waals surface area (Å²) in [4.78, 5) is 17.3. The minimum atomic E-state index is -3.38. The van der Waals surface area contributed by atoms with Gasteiger partial charge in [0.2, 0.25) is 0 Å². The molecule has 0 N–H and O–H groups in total. The Morgan fingerprint density at radius 1 is 1.21 bits per heavy atom. The Kier molecular flexibility index (Phi) is 6.66. The molecule has 0 aliphatic rings. The van der Waals surface area contributed by atoms with Crippen molar-refractivity contribution in [2.45, 2.75) is 11.8 Å². The van der Waals surface area contributed by atoms with Crippen molar-refractivity contribution in [2.75, 3.05) is 12.9 Å². The number of hydrogen-bond acceptors (Lipinski definition) is 8. The number of carbonyl (C=O) groups excluding carboxylic acids is 1. The molecule has 0 aliphatic carbocycles. The molecule has 0 spiro atoms. The van der Waals surface area contributed by atoms with E-state index in [-0.39, 0.29) is 17.2 Å². The van der Waals surface area contributed by atoms with Crippen LogP contribution in [0.15, 0.2) is 57.9 Å². The maximum Gasteiger partial charge on any atom is 0.360 e. The Hall–Kier alpha value is -2.60. The summed E-state index contributed by atoms with van der Waals surface area (Å²) < 4.78 is 35.3. The zero-order valence-electron chi connectivity index (χ0n) is 17.3. The molecule has 2 heterocycles. The van der Waals surface area contributed by atoms with Crippen molar-refractivity contribution in [1.29, 1.82) is 0 Å². The minimum absolute atomic E-state index is 0.0718. The molecule has 4 aromatic rings. The van der Waals surface area contributed by atoms with Gasteiger partial charge >= 0.3 is 5.97 Å². The van der Waals surface area contributed by atoms with E-state index < -0.39 is 15.8 Å². The number of benzene rings is 2. The summed E-state index contributed by atoms with van der Waals surface area (Å²) in [6.07, 6.45) is 1.14. The molecule has 2 aromatic carbocycles. The number of halogens is 2. The highest BCUT2D eigenvalue weighted by Crippen LogP contribution is 2.37. The van der Waals surface area contributed by atoms with E-state index in [1.54, 1.807) is 43.3 Å². The fourth-order valence-corrected chi connectivity index (χ4v) is 5.35. The Bertz CT molecular complexity index is 1470. The van der Waals surface area contributed by atoms with E-state index in [0.717, 1.165) is 17.8 Å². The summed E-state index contributed by atoms with van der Waals surface area (Å²) in [5.41, 5.74) is 1.63. The van der Waals surface area contributed by atoms with Crippen molar-refractivity contribution in [3.05, 3.63) is 63.7 Å². The average Bonchev–Trinajstić information content (AvgIpc) is 3.38. The molecule has 2 aromatic heterocycles. The first-order chi connectivity index (χ1) is 15.7. The van der Waals surface area contributed by atoms with Crippen molar-refractivity contribution >= 4 is 54.9 Å². The summed E-state index contributed by atoms with van der Waals surface area (Å²) in [7, 11) is -3.38. The zero-order valence-corrected chi connectivity index (χ0v) is 21.3. The number of sulfone groups is 1. The topological polar surface area (TPSA) is 104 Å². The van der Waals surface area contributed by atoms with Gasteiger partial charge in [-0.15, -0.1) is 0 Å². The van der Waals surface area contributed by atoms with E-state index in [9.17, 15) is 13.2 Å². The summed E-state index contributed by atoms with van der Waals surface area (Å²) >= 11 is 10.9. The van der Waals surface area contributed by atoms with Gasteiger partial charge in [0.25, 0.3) is 0 Å². The lowest BCUT2D eigenvalue weighted by molar-refractivity contribution is 0.0518. The fraction of sp³-hybridized carbons (Fsp3) is 0.143. The molecule has 0 bridgehead atoms. The Morgan fingerprint density at radius 3 is 2.67 bits per heavy atom. The van der Waals surface area contributed by atoms with Crippen LogP contribution in [-0.4, -0.2) is 46.4 Å². The number of esters is 1. The molecule has 12 heteroatoms. The van der Waals surface area contributed by atoms with Gasteiger partial charge in [-0.1, -0.05) is 35.9 Å². The molecule has 0 radical (unpaired) electrons. The maximum atomic E-state index is 12.5. The van der Waals surface area contributed by atoms with Crippen LogP contribution >= 0.6 is 39.1 Å². The molecule has 170 valence electrons. The highest BCUT2D eigenvalue weighted by Gasteiger charge is 2.27. The highest BCUT2D eigenvalue weighted by atomic mass is 79.9. The standard InChI is InChI=1S/C21H16BrClN4O4S2/c1-3-31-21(28)17-16(22)18(27(25-17)15-10-5-4-9-14(15)23)20-24-19(26-32-20)12-7-6-8-13(11-12)33(2,29)30/h4-11H,3H2,1-2H3. The van der Waals surface area contributed by atoms with Crippen LogP contribution in [0.4, 0.5) is 0 Å². The quantitative estimate of drug-likeness (QED) is 0.300. The van der Waals surface area contributed by atoms with Crippen LogP contribution < -0.4 is 0 Å². The first-order valence-electron chi connectivity index (χ1n) is 9.55. The number of aromatic nitrogens is 4. The Morgan fingerprint density at radius 2 is 1.97 bits per heavy atom. The van der Waals surface area contributed by atoms with Crippen molar-refractivity contribution in [2.24, 2.45) is 0 Å². The third-order valence-corrected chi connectivity index (χ3v) is 7.43. The molecule has 4 rings (SSSR count). The normalized spacial score (nSPS) is 11.5. The van der Waals surface area contributed by atoms with Gasteiger partial charge in [0, 0.05) is 11.8 Å².